The number of quaternary nitrogens is 1. The van der Waals surface area contributed by atoms with E-state index in [0.29, 0.717) is 29.1 Å². The number of benzene rings is 1. The number of likely N-dealkylation sites (N-methyl/N-ethyl adjacent to an activating group) is 1. The number of carbonyl (C=O) groups excluding carboxylic acids is 2. The topological polar surface area (TPSA) is 184 Å². The molecule has 0 radical (unpaired) electrons. The van der Waals surface area contributed by atoms with E-state index in [1.54, 1.807) is 18.3 Å². The third kappa shape index (κ3) is 7.08. The minimum atomic E-state index is -0.859. The first-order valence-corrected chi connectivity index (χ1v) is 13.6. The van der Waals surface area contributed by atoms with Gasteiger partial charge in [0.15, 0.2) is 5.69 Å². The van der Waals surface area contributed by atoms with Crippen LogP contribution in [0.5, 0.6) is 0 Å². The summed E-state index contributed by atoms with van der Waals surface area (Å²) in [6.07, 6.45) is 5.98. The lowest BCUT2D eigenvalue weighted by Gasteiger charge is -2.28. The zero-order valence-corrected chi connectivity index (χ0v) is 25.3. The molecule has 1 aromatic carbocycles. The molecule has 4 rings (SSSR count). The second kappa shape index (κ2) is 12.1. The van der Waals surface area contributed by atoms with Crippen LogP contribution >= 0.6 is 31.9 Å². The van der Waals surface area contributed by atoms with E-state index in [0.717, 1.165) is 14.6 Å². The molecule has 2 amide bonds. The molecule has 0 saturated heterocycles. The third-order valence-corrected chi connectivity index (χ3v) is 7.87. The molecule has 16 heteroatoms. The number of primary amides is 1. The number of hydrogen-bond donors (Lipinski definition) is 3. The molecule has 3 aromatic heterocycles. The molecule has 212 valence electrons. The Hall–Kier alpha value is -4.28. The van der Waals surface area contributed by atoms with Crippen LogP contribution in [0, 0.1) is 10.1 Å². The quantitative estimate of drug-likeness (QED) is 0.0965. The molecule has 0 fully saturated rings. The number of halogens is 2. The highest BCUT2D eigenvalue weighted by Crippen LogP contribution is 2.29. The predicted octanol–water partition coefficient (Wildman–Crippen LogP) is 3.81. The molecule has 0 unspecified atom stereocenters. The molecule has 3 heterocycles. The average molecular weight is 689 g/mol. The first kappa shape index (κ1) is 29.7. The van der Waals surface area contributed by atoms with E-state index in [1.165, 1.54) is 24.0 Å². The molecule has 14 nitrogen and oxygen atoms in total. The summed E-state index contributed by atoms with van der Waals surface area (Å²) in [6, 6.07) is 7.36. The number of nitrogens with one attached hydrogen (secondary N) is 2. The van der Waals surface area contributed by atoms with Gasteiger partial charge in [-0.1, -0.05) is 0 Å². The molecule has 0 bridgehead atoms. The van der Waals surface area contributed by atoms with Crippen LogP contribution in [-0.2, 0) is 18.4 Å². The highest BCUT2D eigenvalue weighted by Gasteiger charge is 2.32. The summed E-state index contributed by atoms with van der Waals surface area (Å²) in [5, 5.41) is 18.1. The van der Waals surface area contributed by atoms with Gasteiger partial charge in [0.2, 0.25) is 5.91 Å². The van der Waals surface area contributed by atoms with E-state index >= 15 is 0 Å². The van der Waals surface area contributed by atoms with E-state index in [9.17, 15) is 19.7 Å². The Balaban J connectivity index is 1.45. The van der Waals surface area contributed by atoms with E-state index in [-0.39, 0.29) is 22.5 Å². The molecule has 0 saturated carbocycles. The van der Waals surface area contributed by atoms with Crippen molar-refractivity contribution in [3.8, 4) is 0 Å². The molecule has 0 spiro atoms. The maximum atomic E-state index is 12.7. The van der Waals surface area contributed by atoms with E-state index < -0.39 is 22.6 Å². The predicted molar refractivity (Wildman–Crippen MR) is 159 cm³/mol. The number of pyridine rings is 1. The van der Waals surface area contributed by atoms with Gasteiger partial charge in [-0.05, 0) is 72.1 Å². The number of carbonyl (C=O) groups is 2. The van der Waals surface area contributed by atoms with Crippen LogP contribution in [0.25, 0.3) is 10.9 Å². The number of nitrogens with two attached hydrogens (primary N) is 1. The monoisotopic (exact) mass is 687 g/mol. The van der Waals surface area contributed by atoms with Gasteiger partial charge >= 0.3 is 17.5 Å². The number of fused-ring (bicyclic) bond motifs is 1. The summed E-state index contributed by atoms with van der Waals surface area (Å²) in [6.45, 7) is 0.507. The molecular formula is C25H25Br2N10O4+. The SMILES string of the molecule is Cn1c(C(N)=O)nc([N+](=O)[O-])c1C[N+](C)(C)C/C=C/C(=O)Nc1cc2c(Nc3ccc(Br)c(Br)c3)ncnc2cn1. The van der Waals surface area contributed by atoms with Crippen LogP contribution in [0.4, 0.5) is 23.1 Å². The third-order valence-electron chi connectivity index (χ3n) is 5.99. The smallest absolute Gasteiger partial charge is 0.361 e. The van der Waals surface area contributed by atoms with Crippen LogP contribution in [0.15, 0.2) is 57.9 Å². The molecule has 0 atom stereocenters. The Morgan fingerprint density at radius 3 is 2.61 bits per heavy atom. The minimum Gasteiger partial charge on any atom is -0.361 e. The number of anilines is 3. The molecule has 41 heavy (non-hydrogen) atoms. The number of aromatic nitrogens is 5. The van der Waals surface area contributed by atoms with Crippen LogP contribution in [0.2, 0.25) is 0 Å². The molecule has 4 aromatic rings. The Labute approximate surface area is 250 Å². The van der Waals surface area contributed by atoms with Gasteiger partial charge in [0, 0.05) is 33.1 Å². The van der Waals surface area contributed by atoms with Crippen LogP contribution in [0.1, 0.15) is 16.3 Å². The van der Waals surface area contributed by atoms with Crippen molar-refractivity contribution in [2.24, 2.45) is 12.8 Å². The number of nitrogens with zero attached hydrogens (tertiary/aromatic N) is 7. The molecule has 0 aliphatic heterocycles. The summed E-state index contributed by atoms with van der Waals surface area (Å²) in [5.74, 6) is -1.05. The molecular weight excluding hydrogens is 664 g/mol. The van der Waals surface area contributed by atoms with Crippen molar-refractivity contribution in [3.05, 3.63) is 79.5 Å². The Kier molecular flexibility index (Phi) is 8.74. The van der Waals surface area contributed by atoms with Crippen LogP contribution in [-0.4, -0.2) is 66.4 Å². The van der Waals surface area contributed by atoms with Crippen molar-refractivity contribution in [2.75, 3.05) is 31.3 Å². The lowest BCUT2D eigenvalue weighted by atomic mass is 10.2. The van der Waals surface area contributed by atoms with Gasteiger partial charge in [0.05, 0.1) is 32.4 Å². The van der Waals surface area contributed by atoms with Gasteiger partial charge in [-0.15, -0.1) is 0 Å². The summed E-state index contributed by atoms with van der Waals surface area (Å²) in [5.41, 5.74) is 6.93. The van der Waals surface area contributed by atoms with Crippen molar-refractivity contribution < 1.29 is 19.0 Å². The van der Waals surface area contributed by atoms with Crippen molar-refractivity contribution in [1.82, 2.24) is 24.5 Å². The van der Waals surface area contributed by atoms with E-state index in [1.807, 2.05) is 32.3 Å². The lowest BCUT2D eigenvalue weighted by molar-refractivity contribution is -0.898. The molecule has 4 N–H and O–H groups in total. The maximum Gasteiger partial charge on any atom is 0.391 e. The fraction of sp³-hybridized carbons (Fsp3) is 0.200. The first-order valence-electron chi connectivity index (χ1n) is 12.0. The van der Waals surface area contributed by atoms with Gasteiger partial charge < -0.3 is 31.0 Å². The summed E-state index contributed by atoms with van der Waals surface area (Å²) in [7, 11) is 5.15. The van der Waals surface area contributed by atoms with Crippen molar-refractivity contribution in [3.63, 3.8) is 0 Å². The largest absolute Gasteiger partial charge is 0.391 e. The summed E-state index contributed by atoms with van der Waals surface area (Å²) >= 11 is 6.93. The van der Waals surface area contributed by atoms with E-state index in [4.69, 9.17) is 5.73 Å². The second-order valence-corrected chi connectivity index (χ2v) is 11.3. The zero-order valence-electron chi connectivity index (χ0n) is 22.1. The van der Waals surface area contributed by atoms with E-state index in [2.05, 4.69) is 62.4 Å². The van der Waals surface area contributed by atoms with Crippen molar-refractivity contribution in [2.45, 2.75) is 6.54 Å². The zero-order chi connectivity index (χ0) is 29.9. The van der Waals surface area contributed by atoms with Crippen molar-refractivity contribution in [1.29, 1.82) is 0 Å². The second-order valence-electron chi connectivity index (χ2n) is 9.62. The van der Waals surface area contributed by atoms with Gasteiger partial charge in [-0.2, -0.15) is 0 Å². The minimum absolute atomic E-state index is 0.163. The molecule has 0 aliphatic carbocycles. The highest BCUT2D eigenvalue weighted by molar-refractivity contribution is 9.13. The average Bonchev–Trinajstić information content (AvgIpc) is 3.22. The number of hydrogen-bond acceptors (Lipinski definition) is 9. The van der Waals surface area contributed by atoms with Crippen LogP contribution < -0.4 is 16.4 Å². The Bertz CT molecular complexity index is 1700. The summed E-state index contributed by atoms with van der Waals surface area (Å²) < 4.78 is 3.34. The normalized spacial score (nSPS) is 11.6. The fourth-order valence-electron chi connectivity index (χ4n) is 3.98. The number of amides is 2. The Morgan fingerprint density at radius 2 is 1.93 bits per heavy atom. The van der Waals surface area contributed by atoms with Gasteiger partial charge in [-0.25, -0.2) is 15.0 Å². The number of nitro groups is 1. The number of rotatable bonds is 10. The summed E-state index contributed by atoms with van der Waals surface area (Å²) in [4.78, 5) is 51.7. The standard InChI is InChI=1S/C25H24Br2N10O4/c1-35-19(24(36(40)41)34-25(35)22(28)39)12-37(2,3)8-4-5-21(38)33-20-10-15-18(11-29-20)30-13-31-23(15)32-14-6-7-16(26)17(27)9-14/h4-7,9-11,13H,8,12H2,1-3H3,(H3-,28,29,30,31,32,33,34,38,39)/p+1/b5-4+. The number of imidazole rings is 1. The molecule has 0 aliphatic rings. The van der Waals surface area contributed by atoms with Crippen molar-refractivity contribution >= 4 is 77.7 Å². The van der Waals surface area contributed by atoms with Gasteiger partial charge in [-0.3, -0.25) is 14.2 Å². The lowest BCUT2D eigenvalue weighted by Crippen LogP contribution is -2.39. The Morgan fingerprint density at radius 1 is 1.17 bits per heavy atom. The fourth-order valence-corrected chi connectivity index (χ4v) is 4.61. The maximum absolute atomic E-state index is 12.7. The van der Waals surface area contributed by atoms with Gasteiger partial charge in [0.1, 0.15) is 24.5 Å². The van der Waals surface area contributed by atoms with Gasteiger partial charge in [0.25, 0.3) is 0 Å². The highest BCUT2D eigenvalue weighted by atomic mass is 79.9. The first-order chi connectivity index (χ1) is 19.3. The van der Waals surface area contributed by atoms with Crippen LogP contribution in [0.3, 0.4) is 0 Å².